The summed E-state index contributed by atoms with van der Waals surface area (Å²) in [5.74, 6) is 0.110. The third-order valence-corrected chi connectivity index (χ3v) is 4.62. The van der Waals surface area contributed by atoms with Crippen LogP contribution in [-0.4, -0.2) is 38.8 Å². The summed E-state index contributed by atoms with van der Waals surface area (Å²) in [4.78, 5) is 27.0. The highest BCUT2D eigenvalue weighted by molar-refractivity contribution is 7.14. The Kier molecular flexibility index (Phi) is 4.70. The minimum atomic E-state index is -0.545. The second kappa shape index (κ2) is 6.80. The third-order valence-electron chi connectivity index (χ3n) is 3.63. The third kappa shape index (κ3) is 4.03. The maximum absolute atomic E-state index is 12.2. The average Bonchev–Trinajstić information content (AvgIpc) is 3.18. The first kappa shape index (κ1) is 17.9. The van der Waals surface area contributed by atoms with Crippen LogP contribution in [0.3, 0.4) is 0 Å². The molecule has 2 aromatic rings. The van der Waals surface area contributed by atoms with E-state index < -0.39 is 5.60 Å². The normalized spacial score (nSPS) is 13.7. The minimum absolute atomic E-state index is 0.309. The van der Waals surface area contributed by atoms with E-state index >= 15 is 0 Å². The summed E-state index contributed by atoms with van der Waals surface area (Å²) in [5.41, 5.74) is 0.276. The summed E-state index contributed by atoms with van der Waals surface area (Å²) in [5, 5.41) is 15.9. The molecule has 0 saturated heterocycles. The zero-order chi connectivity index (χ0) is 18.9. The quantitative estimate of drug-likeness (QED) is 0.872. The molecule has 3 heterocycles. The molecule has 2 aromatic heterocycles. The first-order valence-corrected chi connectivity index (χ1v) is 8.93. The summed E-state index contributed by atoms with van der Waals surface area (Å²) in [6.45, 7) is 6.88. The lowest BCUT2D eigenvalue weighted by Gasteiger charge is -2.30. The van der Waals surface area contributed by atoms with Gasteiger partial charge in [0.25, 0.3) is 5.91 Å². The second-order valence-corrected chi connectivity index (χ2v) is 7.96. The van der Waals surface area contributed by atoms with Crippen LogP contribution in [0.2, 0.25) is 0 Å². The van der Waals surface area contributed by atoms with Gasteiger partial charge >= 0.3 is 6.09 Å². The first-order chi connectivity index (χ1) is 12.2. The van der Waals surface area contributed by atoms with Gasteiger partial charge in [0.05, 0.1) is 23.7 Å². The van der Waals surface area contributed by atoms with Gasteiger partial charge in [-0.05, 0) is 32.9 Å². The van der Waals surface area contributed by atoms with E-state index in [1.165, 1.54) is 0 Å². The van der Waals surface area contributed by atoms with Crippen molar-refractivity contribution in [2.45, 2.75) is 39.5 Å². The Bertz CT molecular complexity index is 887. The van der Waals surface area contributed by atoms with Crippen LogP contribution in [-0.2, 0) is 17.8 Å². The molecule has 1 aliphatic rings. The van der Waals surface area contributed by atoms with E-state index in [0.717, 1.165) is 17.0 Å². The number of thiophene rings is 1. The lowest BCUT2D eigenvalue weighted by atomic mass is 10.2. The van der Waals surface area contributed by atoms with Crippen LogP contribution >= 0.6 is 11.3 Å². The molecule has 0 aliphatic carbocycles. The monoisotopic (exact) mass is 373 g/mol. The van der Waals surface area contributed by atoms with Gasteiger partial charge in [-0.2, -0.15) is 10.4 Å². The fourth-order valence-corrected chi connectivity index (χ4v) is 3.21. The van der Waals surface area contributed by atoms with Crippen molar-refractivity contribution in [2.75, 3.05) is 11.9 Å². The summed E-state index contributed by atoms with van der Waals surface area (Å²) in [6.07, 6.45) is -0.363. The summed E-state index contributed by atoms with van der Waals surface area (Å²) in [6, 6.07) is 6.97. The Labute approximate surface area is 155 Å². The van der Waals surface area contributed by atoms with Crippen molar-refractivity contribution >= 4 is 29.2 Å². The first-order valence-electron chi connectivity index (χ1n) is 8.11. The molecule has 0 aromatic carbocycles. The van der Waals surface area contributed by atoms with E-state index in [-0.39, 0.29) is 12.0 Å². The molecule has 26 heavy (non-hydrogen) atoms. The number of carbonyl (C=O) groups is 2. The molecule has 0 atom stereocenters. The number of rotatable bonds is 2. The standard InChI is InChI=1S/C17H19N5O3S/c1-17(2,3)25-16(24)21-6-7-22-11(10-21)8-14(20-22)19-15(23)13-5-4-12(9-18)26-13/h4-5,8H,6-7,10H2,1-3H3,(H,19,20,23). The van der Waals surface area contributed by atoms with Gasteiger partial charge in [0.15, 0.2) is 5.82 Å². The second-order valence-electron chi connectivity index (χ2n) is 6.88. The van der Waals surface area contributed by atoms with Crippen LogP contribution in [0.5, 0.6) is 0 Å². The topological polar surface area (TPSA) is 100 Å². The maximum atomic E-state index is 12.2. The van der Waals surface area contributed by atoms with Crippen LogP contribution in [0.15, 0.2) is 18.2 Å². The molecule has 0 bridgehead atoms. The van der Waals surface area contributed by atoms with Crippen LogP contribution in [0.4, 0.5) is 10.6 Å². The molecule has 0 radical (unpaired) electrons. The van der Waals surface area contributed by atoms with Crippen LogP contribution in [0.25, 0.3) is 0 Å². The highest BCUT2D eigenvalue weighted by Gasteiger charge is 2.27. The number of anilines is 1. The lowest BCUT2D eigenvalue weighted by Crippen LogP contribution is -2.41. The SMILES string of the molecule is CC(C)(C)OC(=O)N1CCn2nc(NC(=O)c3ccc(C#N)s3)cc2C1. The van der Waals surface area contributed by atoms with Crippen molar-refractivity contribution in [1.29, 1.82) is 5.26 Å². The van der Waals surface area contributed by atoms with E-state index in [2.05, 4.69) is 10.4 Å². The Morgan fingerprint density at radius 2 is 2.12 bits per heavy atom. The van der Waals surface area contributed by atoms with Gasteiger partial charge in [0.1, 0.15) is 16.5 Å². The molecule has 1 aliphatic heterocycles. The van der Waals surface area contributed by atoms with Crippen LogP contribution < -0.4 is 5.32 Å². The van der Waals surface area contributed by atoms with Crippen molar-refractivity contribution in [1.82, 2.24) is 14.7 Å². The molecule has 0 unspecified atom stereocenters. The highest BCUT2D eigenvalue weighted by Crippen LogP contribution is 2.21. The van der Waals surface area contributed by atoms with E-state index in [1.807, 2.05) is 26.8 Å². The van der Waals surface area contributed by atoms with Crippen molar-refractivity contribution in [3.05, 3.63) is 33.6 Å². The molecule has 8 nitrogen and oxygen atoms in total. The molecule has 3 rings (SSSR count). The molecule has 0 saturated carbocycles. The Hall–Kier alpha value is -2.86. The largest absolute Gasteiger partial charge is 0.444 e. The van der Waals surface area contributed by atoms with Crippen molar-refractivity contribution in [3.63, 3.8) is 0 Å². The molecule has 1 N–H and O–H groups in total. The fraction of sp³-hybridized carbons (Fsp3) is 0.412. The predicted molar refractivity (Wildman–Crippen MR) is 95.9 cm³/mol. The number of hydrogen-bond donors (Lipinski definition) is 1. The number of aromatic nitrogens is 2. The highest BCUT2D eigenvalue weighted by atomic mass is 32.1. The minimum Gasteiger partial charge on any atom is -0.444 e. The summed E-state index contributed by atoms with van der Waals surface area (Å²) >= 11 is 1.13. The smallest absolute Gasteiger partial charge is 0.410 e. The van der Waals surface area contributed by atoms with Gasteiger partial charge < -0.3 is 15.0 Å². The van der Waals surface area contributed by atoms with Gasteiger partial charge in [0.2, 0.25) is 0 Å². The van der Waals surface area contributed by atoms with E-state index in [9.17, 15) is 9.59 Å². The maximum Gasteiger partial charge on any atom is 0.410 e. The zero-order valence-electron chi connectivity index (χ0n) is 14.8. The lowest BCUT2D eigenvalue weighted by molar-refractivity contribution is 0.0194. The Morgan fingerprint density at radius 3 is 2.77 bits per heavy atom. The number of ether oxygens (including phenoxy) is 1. The number of hydrogen-bond acceptors (Lipinski definition) is 6. The number of nitrogens with one attached hydrogen (secondary N) is 1. The van der Waals surface area contributed by atoms with E-state index in [1.54, 1.807) is 27.8 Å². The van der Waals surface area contributed by atoms with Gasteiger partial charge in [-0.15, -0.1) is 11.3 Å². The molecular formula is C17H19N5O3S. The summed E-state index contributed by atoms with van der Waals surface area (Å²) in [7, 11) is 0. The van der Waals surface area contributed by atoms with Gasteiger partial charge in [-0.3, -0.25) is 9.48 Å². The Morgan fingerprint density at radius 1 is 1.35 bits per heavy atom. The van der Waals surface area contributed by atoms with Gasteiger partial charge in [-0.25, -0.2) is 4.79 Å². The van der Waals surface area contributed by atoms with Gasteiger partial charge in [-0.1, -0.05) is 0 Å². The molecule has 2 amide bonds. The Balaban J connectivity index is 1.67. The molecule has 0 spiro atoms. The van der Waals surface area contributed by atoms with Crippen molar-refractivity contribution < 1.29 is 14.3 Å². The number of nitriles is 1. The summed E-state index contributed by atoms with van der Waals surface area (Å²) < 4.78 is 7.17. The molecular weight excluding hydrogens is 354 g/mol. The molecule has 0 fully saturated rings. The number of amides is 2. The van der Waals surface area contributed by atoms with Gasteiger partial charge in [0, 0.05) is 12.6 Å². The fourth-order valence-electron chi connectivity index (χ4n) is 2.51. The van der Waals surface area contributed by atoms with E-state index in [4.69, 9.17) is 10.00 Å². The van der Waals surface area contributed by atoms with Crippen molar-refractivity contribution in [2.24, 2.45) is 0 Å². The predicted octanol–water partition coefficient (Wildman–Crippen LogP) is 2.82. The number of carbonyl (C=O) groups excluding carboxylic acids is 2. The molecule has 9 heteroatoms. The van der Waals surface area contributed by atoms with Crippen LogP contribution in [0, 0.1) is 11.3 Å². The average molecular weight is 373 g/mol. The van der Waals surface area contributed by atoms with E-state index in [0.29, 0.717) is 35.2 Å². The molecule has 136 valence electrons. The number of fused-ring (bicyclic) bond motifs is 1. The van der Waals surface area contributed by atoms with Crippen LogP contribution in [0.1, 0.15) is 41.0 Å². The zero-order valence-corrected chi connectivity index (χ0v) is 15.6. The number of nitrogens with zero attached hydrogens (tertiary/aromatic N) is 4. The van der Waals surface area contributed by atoms with Crippen molar-refractivity contribution in [3.8, 4) is 6.07 Å².